The van der Waals surface area contributed by atoms with E-state index >= 15 is 0 Å². The number of aromatic hydroxyl groups is 1. The third-order valence-corrected chi connectivity index (χ3v) is 5.07. The van der Waals surface area contributed by atoms with Crippen molar-refractivity contribution < 1.29 is 22.3 Å². The summed E-state index contributed by atoms with van der Waals surface area (Å²) in [5, 5.41) is 31.3. The van der Waals surface area contributed by atoms with Gasteiger partial charge in [0.15, 0.2) is 5.75 Å². The molecule has 0 spiro atoms. The van der Waals surface area contributed by atoms with Crippen LogP contribution in [-0.2, 0) is 10.4 Å². The van der Waals surface area contributed by atoms with Crippen molar-refractivity contribution in [3.8, 4) is 34.8 Å². The van der Waals surface area contributed by atoms with Crippen LogP contribution in [0.3, 0.4) is 0 Å². The standard InChI is InChI=1S/C22H12N2O5S/c23-11-13-1-5-17-15(9-13)3-7-19(25)21(17)22-18-6-2-14(12-24)10-16(18)4-8-20(22)29-30(26,27)28/h1-10,25H,(H,26,27,28). The topological polar surface area (TPSA) is 131 Å². The number of hydrogen-bond donors (Lipinski definition) is 2. The highest BCUT2D eigenvalue weighted by molar-refractivity contribution is 7.81. The maximum atomic E-state index is 11.4. The highest BCUT2D eigenvalue weighted by Gasteiger charge is 2.21. The first-order chi connectivity index (χ1) is 14.3. The Morgan fingerprint density at radius 2 is 1.30 bits per heavy atom. The first kappa shape index (κ1) is 19.2. The fourth-order valence-corrected chi connectivity index (χ4v) is 3.84. The average Bonchev–Trinajstić information content (AvgIpc) is 2.72. The Morgan fingerprint density at radius 3 is 1.83 bits per heavy atom. The predicted molar refractivity (Wildman–Crippen MR) is 110 cm³/mol. The molecule has 0 saturated heterocycles. The molecule has 0 aliphatic heterocycles. The van der Waals surface area contributed by atoms with E-state index in [0.717, 1.165) is 0 Å². The second-order valence-electron chi connectivity index (χ2n) is 6.50. The van der Waals surface area contributed by atoms with E-state index in [1.165, 1.54) is 12.1 Å². The van der Waals surface area contributed by atoms with Gasteiger partial charge in [0.1, 0.15) is 5.75 Å². The van der Waals surface area contributed by atoms with E-state index in [0.29, 0.717) is 32.7 Å². The lowest BCUT2D eigenvalue weighted by atomic mass is 9.91. The third kappa shape index (κ3) is 3.38. The van der Waals surface area contributed by atoms with Crippen LogP contribution in [0.1, 0.15) is 11.1 Å². The summed E-state index contributed by atoms with van der Waals surface area (Å²) >= 11 is 0. The molecule has 0 amide bonds. The Labute approximate surface area is 171 Å². The maximum Gasteiger partial charge on any atom is 0.446 e. The normalized spacial score (nSPS) is 11.2. The van der Waals surface area contributed by atoms with Crippen LogP contribution in [0, 0.1) is 22.7 Å². The van der Waals surface area contributed by atoms with Gasteiger partial charge in [-0.1, -0.05) is 24.3 Å². The van der Waals surface area contributed by atoms with E-state index < -0.39 is 10.4 Å². The minimum atomic E-state index is -4.84. The van der Waals surface area contributed by atoms with Crippen LogP contribution in [0.2, 0.25) is 0 Å². The van der Waals surface area contributed by atoms with Crippen molar-refractivity contribution in [3.63, 3.8) is 0 Å². The van der Waals surface area contributed by atoms with Gasteiger partial charge in [-0.05, 0) is 57.9 Å². The summed E-state index contributed by atoms with van der Waals surface area (Å²) in [4.78, 5) is 0. The summed E-state index contributed by atoms with van der Waals surface area (Å²) < 4.78 is 36.9. The van der Waals surface area contributed by atoms with Gasteiger partial charge < -0.3 is 9.29 Å². The molecule has 4 aromatic rings. The zero-order chi connectivity index (χ0) is 21.5. The molecule has 0 radical (unpaired) electrons. The average molecular weight is 416 g/mol. The quantitative estimate of drug-likeness (QED) is 0.476. The van der Waals surface area contributed by atoms with Crippen molar-refractivity contribution in [2.75, 3.05) is 0 Å². The Hall–Kier alpha value is -4.11. The maximum absolute atomic E-state index is 11.4. The molecular formula is C22H12N2O5S. The van der Waals surface area contributed by atoms with Gasteiger partial charge in [-0.15, -0.1) is 0 Å². The molecule has 0 heterocycles. The SMILES string of the molecule is N#Cc1ccc2c(-c3c(OS(=O)(=O)O)ccc4cc(C#N)ccc34)c(O)ccc2c1. The van der Waals surface area contributed by atoms with Gasteiger partial charge in [-0.25, -0.2) is 0 Å². The monoisotopic (exact) mass is 416 g/mol. The van der Waals surface area contributed by atoms with Gasteiger partial charge in [0.2, 0.25) is 0 Å². The largest absolute Gasteiger partial charge is 0.507 e. The van der Waals surface area contributed by atoms with Crippen LogP contribution in [0.15, 0.2) is 60.7 Å². The number of fused-ring (bicyclic) bond motifs is 2. The molecule has 4 aromatic carbocycles. The van der Waals surface area contributed by atoms with Crippen LogP contribution < -0.4 is 4.18 Å². The van der Waals surface area contributed by atoms with Crippen molar-refractivity contribution in [1.82, 2.24) is 0 Å². The third-order valence-electron chi connectivity index (χ3n) is 4.68. The second kappa shape index (κ2) is 7.05. The Bertz CT molecular complexity index is 1530. The number of hydrogen-bond acceptors (Lipinski definition) is 6. The molecule has 8 heteroatoms. The zero-order valence-electron chi connectivity index (χ0n) is 15.2. The molecule has 0 aliphatic rings. The summed E-state index contributed by atoms with van der Waals surface area (Å²) in [6, 6.07) is 19.7. The van der Waals surface area contributed by atoms with Crippen molar-refractivity contribution in [1.29, 1.82) is 10.5 Å². The summed E-state index contributed by atoms with van der Waals surface area (Å²) in [6.45, 7) is 0. The molecule has 0 aliphatic carbocycles. The number of phenols is 1. The molecule has 2 N–H and O–H groups in total. The van der Waals surface area contributed by atoms with Crippen molar-refractivity contribution >= 4 is 31.9 Å². The molecule has 0 fully saturated rings. The molecule has 4 rings (SSSR count). The summed E-state index contributed by atoms with van der Waals surface area (Å²) in [5.41, 5.74) is 1.32. The molecule has 146 valence electrons. The lowest BCUT2D eigenvalue weighted by Gasteiger charge is -2.16. The molecule has 30 heavy (non-hydrogen) atoms. The molecule has 0 saturated carbocycles. The van der Waals surface area contributed by atoms with Crippen LogP contribution in [-0.4, -0.2) is 18.1 Å². The van der Waals surface area contributed by atoms with E-state index in [2.05, 4.69) is 0 Å². The molecule has 7 nitrogen and oxygen atoms in total. The van der Waals surface area contributed by atoms with Gasteiger partial charge in [-0.2, -0.15) is 18.9 Å². The first-order valence-electron chi connectivity index (χ1n) is 8.60. The van der Waals surface area contributed by atoms with E-state index in [-0.39, 0.29) is 22.6 Å². The highest BCUT2D eigenvalue weighted by atomic mass is 32.3. The van der Waals surface area contributed by atoms with Crippen LogP contribution in [0.5, 0.6) is 11.5 Å². The minimum absolute atomic E-state index is 0.149. The van der Waals surface area contributed by atoms with Gasteiger partial charge in [0.25, 0.3) is 0 Å². The molecule has 0 aromatic heterocycles. The van der Waals surface area contributed by atoms with Gasteiger partial charge in [-0.3, -0.25) is 4.55 Å². The Balaban J connectivity index is 2.16. The summed E-state index contributed by atoms with van der Waals surface area (Å²) in [5.74, 6) is -0.342. The first-order valence-corrected chi connectivity index (χ1v) is 9.97. The minimum Gasteiger partial charge on any atom is -0.507 e. The summed E-state index contributed by atoms with van der Waals surface area (Å²) in [7, 11) is -4.84. The lowest BCUT2D eigenvalue weighted by molar-refractivity contribution is 0.387. The molecule has 0 bridgehead atoms. The van der Waals surface area contributed by atoms with Crippen molar-refractivity contribution in [2.45, 2.75) is 0 Å². The number of nitrogens with zero attached hydrogens (tertiary/aromatic N) is 2. The van der Waals surface area contributed by atoms with Crippen LogP contribution in [0.25, 0.3) is 32.7 Å². The Morgan fingerprint density at radius 1 is 0.767 bits per heavy atom. The van der Waals surface area contributed by atoms with Crippen LogP contribution >= 0.6 is 0 Å². The van der Waals surface area contributed by atoms with E-state index in [9.17, 15) is 23.3 Å². The van der Waals surface area contributed by atoms with E-state index in [1.807, 2.05) is 12.1 Å². The zero-order valence-corrected chi connectivity index (χ0v) is 16.0. The fourth-order valence-electron chi connectivity index (χ4n) is 3.47. The van der Waals surface area contributed by atoms with Crippen molar-refractivity contribution in [2.24, 2.45) is 0 Å². The van der Waals surface area contributed by atoms with Crippen LogP contribution in [0.4, 0.5) is 0 Å². The highest BCUT2D eigenvalue weighted by Crippen LogP contribution is 2.45. The number of nitriles is 2. The number of rotatable bonds is 3. The smallest absolute Gasteiger partial charge is 0.446 e. The van der Waals surface area contributed by atoms with Gasteiger partial charge in [0.05, 0.1) is 23.3 Å². The van der Waals surface area contributed by atoms with E-state index in [4.69, 9.17) is 9.44 Å². The molecule has 0 atom stereocenters. The second-order valence-corrected chi connectivity index (χ2v) is 7.53. The number of phenolic OH excluding ortho intramolecular Hbond substituents is 1. The molecular weight excluding hydrogens is 404 g/mol. The Kier molecular flexibility index (Phi) is 4.52. The predicted octanol–water partition coefficient (Wildman–Crippen LogP) is 4.29. The lowest BCUT2D eigenvalue weighted by Crippen LogP contribution is -2.07. The fraction of sp³-hybridized carbons (Fsp3) is 0. The van der Waals surface area contributed by atoms with Gasteiger partial charge >= 0.3 is 10.4 Å². The molecule has 0 unspecified atom stereocenters. The van der Waals surface area contributed by atoms with E-state index in [1.54, 1.807) is 48.5 Å². The van der Waals surface area contributed by atoms with Gasteiger partial charge in [0, 0.05) is 11.1 Å². The van der Waals surface area contributed by atoms with Crippen molar-refractivity contribution in [3.05, 3.63) is 71.8 Å². The summed E-state index contributed by atoms with van der Waals surface area (Å²) in [6.07, 6.45) is 0. The number of benzene rings is 4.